The van der Waals surface area contributed by atoms with E-state index < -0.39 is 12.2 Å². The average Bonchev–Trinajstić information content (AvgIpc) is 3.01. The number of carbonyl (C=O) groups excluding carboxylic acids is 3. The van der Waals surface area contributed by atoms with Crippen LogP contribution in [0, 0.1) is 18.3 Å². The number of hydrogen-bond donors (Lipinski definition) is 1. The van der Waals surface area contributed by atoms with E-state index in [0.29, 0.717) is 19.5 Å². The first-order valence-electron chi connectivity index (χ1n) is 14.9. The van der Waals surface area contributed by atoms with Crippen LogP contribution in [0.2, 0.25) is 0 Å². The third kappa shape index (κ3) is 6.73. The highest BCUT2D eigenvalue weighted by atomic mass is 16.2. The Morgan fingerprint density at radius 1 is 0.930 bits per heavy atom. The van der Waals surface area contributed by atoms with E-state index in [1.54, 1.807) is 14.9 Å². The van der Waals surface area contributed by atoms with Crippen molar-refractivity contribution in [2.75, 3.05) is 26.2 Å². The third-order valence-corrected chi connectivity index (χ3v) is 8.10. The van der Waals surface area contributed by atoms with E-state index in [9.17, 15) is 14.4 Å². The van der Waals surface area contributed by atoms with E-state index in [2.05, 4.69) is 35.5 Å². The van der Waals surface area contributed by atoms with Gasteiger partial charge in [0.2, 0.25) is 11.8 Å². The lowest BCUT2D eigenvalue weighted by molar-refractivity contribution is -0.189. The predicted molar refractivity (Wildman–Crippen MR) is 166 cm³/mol. The molecule has 0 saturated carbocycles. The van der Waals surface area contributed by atoms with Crippen LogP contribution in [0.25, 0.3) is 0 Å². The van der Waals surface area contributed by atoms with Crippen molar-refractivity contribution in [1.82, 2.24) is 25.1 Å². The van der Waals surface area contributed by atoms with Crippen LogP contribution in [0.3, 0.4) is 0 Å². The van der Waals surface area contributed by atoms with Crippen LogP contribution in [0.1, 0.15) is 42.9 Å². The Bertz CT molecular complexity index is 1400. The molecule has 8 heteroatoms. The number of rotatable bonds is 9. The Morgan fingerprint density at radius 3 is 2.07 bits per heavy atom. The number of urea groups is 1. The fourth-order valence-corrected chi connectivity index (χ4v) is 6.13. The summed E-state index contributed by atoms with van der Waals surface area (Å²) in [5, 5.41) is 6.20. The monoisotopic (exact) mass is 577 g/mol. The molecule has 0 spiro atoms. The van der Waals surface area contributed by atoms with Gasteiger partial charge in [-0.1, -0.05) is 111 Å². The fourth-order valence-electron chi connectivity index (χ4n) is 6.13. The fraction of sp³-hybridized carbons (Fsp3) is 0.343. The first kappa shape index (κ1) is 29.9. The molecule has 2 aliphatic rings. The summed E-state index contributed by atoms with van der Waals surface area (Å²) in [6, 6.07) is 28.9. The summed E-state index contributed by atoms with van der Waals surface area (Å²) in [4.78, 5) is 45.2. The van der Waals surface area contributed by atoms with Gasteiger partial charge in [-0.15, -0.1) is 6.42 Å². The normalized spacial score (nSPS) is 19.0. The minimum atomic E-state index is -0.695. The van der Waals surface area contributed by atoms with Crippen molar-refractivity contribution in [3.05, 3.63) is 108 Å². The van der Waals surface area contributed by atoms with E-state index in [0.717, 1.165) is 16.7 Å². The zero-order valence-electron chi connectivity index (χ0n) is 24.8. The second-order valence-corrected chi connectivity index (χ2v) is 11.6. The molecule has 0 radical (unpaired) electrons. The van der Waals surface area contributed by atoms with Gasteiger partial charge in [0.1, 0.15) is 12.2 Å². The van der Waals surface area contributed by atoms with Gasteiger partial charge in [0.05, 0.1) is 19.6 Å². The highest BCUT2D eigenvalue weighted by Crippen LogP contribution is 2.32. The minimum absolute atomic E-state index is 0.0714. The van der Waals surface area contributed by atoms with Crippen molar-refractivity contribution < 1.29 is 14.4 Å². The first-order valence-corrected chi connectivity index (χ1v) is 14.9. The van der Waals surface area contributed by atoms with E-state index >= 15 is 0 Å². The summed E-state index contributed by atoms with van der Waals surface area (Å²) in [6.45, 7) is 5.02. The molecule has 5 rings (SSSR count). The van der Waals surface area contributed by atoms with Crippen molar-refractivity contribution in [1.29, 1.82) is 0 Å². The van der Waals surface area contributed by atoms with E-state index in [-0.39, 0.29) is 49.3 Å². The van der Waals surface area contributed by atoms with Crippen LogP contribution < -0.4 is 5.32 Å². The number of nitrogens with zero attached hydrogens (tertiary/aromatic N) is 4. The number of fused-ring (bicyclic) bond motifs is 1. The molecule has 0 aromatic heterocycles. The van der Waals surface area contributed by atoms with Crippen LogP contribution in [-0.2, 0) is 16.1 Å². The standard InChI is InChI=1S/C35H39N5O3/c1-4-20-38-25-33(41)39-31(21-26(2)3)34(42)37(23-30(28-16-10-6-11-17-28)29-18-12-7-13-19-29)24-32(39)40(38)35(43)36-22-27-14-8-5-9-15-27/h1,5-19,26,30-32H,20-25H2,2-3H3,(H,36,43)/t31-,32-/m0/s1. The quantitative estimate of drug-likeness (QED) is 0.385. The van der Waals surface area contributed by atoms with Crippen molar-refractivity contribution >= 4 is 17.8 Å². The van der Waals surface area contributed by atoms with Gasteiger partial charge in [-0.3, -0.25) is 9.59 Å². The molecule has 3 aromatic rings. The van der Waals surface area contributed by atoms with Gasteiger partial charge < -0.3 is 15.1 Å². The molecule has 2 heterocycles. The molecule has 1 N–H and O–H groups in total. The van der Waals surface area contributed by atoms with Gasteiger partial charge in [-0.2, -0.15) is 5.01 Å². The molecule has 2 aliphatic heterocycles. The van der Waals surface area contributed by atoms with Crippen molar-refractivity contribution in [2.24, 2.45) is 5.92 Å². The Balaban J connectivity index is 1.50. The highest BCUT2D eigenvalue weighted by Gasteiger charge is 2.51. The molecule has 222 valence electrons. The number of carbonyl (C=O) groups is 3. The maximum Gasteiger partial charge on any atom is 0.334 e. The highest BCUT2D eigenvalue weighted by molar-refractivity contribution is 5.91. The van der Waals surface area contributed by atoms with Crippen LogP contribution in [0.15, 0.2) is 91.0 Å². The average molecular weight is 578 g/mol. The number of hydrazine groups is 1. The number of nitrogens with one attached hydrogen (secondary N) is 1. The van der Waals surface area contributed by atoms with E-state index in [4.69, 9.17) is 6.42 Å². The molecular formula is C35H39N5O3. The number of hydrogen-bond acceptors (Lipinski definition) is 4. The summed E-state index contributed by atoms with van der Waals surface area (Å²) >= 11 is 0. The van der Waals surface area contributed by atoms with Crippen LogP contribution in [-0.4, -0.2) is 76.0 Å². The van der Waals surface area contributed by atoms with E-state index in [1.165, 1.54) is 0 Å². The van der Waals surface area contributed by atoms with Gasteiger partial charge in [-0.25, -0.2) is 9.80 Å². The lowest BCUT2D eigenvalue weighted by atomic mass is 9.89. The lowest BCUT2D eigenvalue weighted by Crippen LogP contribution is -2.76. The molecule has 2 fully saturated rings. The predicted octanol–water partition coefficient (Wildman–Crippen LogP) is 4.31. The second kappa shape index (κ2) is 13.6. The van der Waals surface area contributed by atoms with Gasteiger partial charge in [0.15, 0.2) is 0 Å². The molecule has 4 amide bonds. The van der Waals surface area contributed by atoms with Crippen molar-refractivity contribution in [3.63, 3.8) is 0 Å². The molecular weight excluding hydrogens is 538 g/mol. The number of terminal acetylenes is 1. The molecule has 8 nitrogen and oxygen atoms in total. The van der Waals surface area contributed by atoms with Gasteiger partial charge in [0.25, 0.3) is 0 Å². The Kier molecular flexibility index (Phi) is 9.43. The van der Waals surface area contributed by atoms with Crippen molar-refractivity contribution in [3.8, 4) is 12.3 Å². The topological polar surface area (TPSA) is 76.2 Å². The second-order valence-electron chi connectivity index (χ2n) is 11.6. The molecule has 43 heavy (non-hydrogen) atoms. The van der Waals surface area contributed by atoms with Gasteiger partial charge in [0, 0.05) is 19.0 Å². The number of benzene rings is 3. The molecule has 0 bridgehead atoms. The summed E-state index contributed by atoms with van der Waals surface area (Å²) in [5.41, 5.74) is 3.14. The maximum absolute atomic E-state index is 14.2. The largest absolute Gasteiger partial charge is 0.336 e. The van der Waals surface area contributed by atoms with Crippen molar-refractivity contribution in [2.45, 2.75) is 44.9 Å². The molecule has 2 saturated heterocycles. The molecule has 0 aliphatic carbocycles. The van der Waals surface area contributed by atoms with E-state index in [1.807, 2.05) is 85.5 Å². The Labute approximate surface area is 254 Å². The summed E-state index contributed by atoms with van der Waals surface area (Å²) in [7, 11) is 0. The zero-order chi connectivity index (χ0) is 30.3. The molecule has 0 unspecified atom stereocenters. The smallest absolute Gasteiger partial charge is 0.334 e. The first-order chi connectivity index (χ1) is 20.9. The molecule has 3 aromatic carbocycles. The van der Waals surface area contributed by atoms with Gasteiger partial charge >= 0.3 is 6.03 Å². The molecule has 2 atom stereocenters. The number of piperazine rings is 1. The summed E-state index contributed by atoms with van der Waals surface area (Å²) in [6.07, 6.45) is 5.50. The SMILES string of the molecule is C#CCN1CC(=O)N2[C@@H](CC(C)C)C(=O)N(CC(c3ccccc3)c3ccccc3)C[C@@H]2N1C(=O)NCc1ccccc1. The van der Waals surface area contributed by atoms with Gasteiger partial charge in [-0.05, 0) is 29.0 Å². The number of amides is 4. The lowest BCUT2D eigenvalue weighted by Gasteiger charge is -2.55. The zero-order valence-corrected chi connectivity index (χ0v) is 24.8. The Hall–Kier alpha value is -4.61. The maximum atomic E-state index is 14.2. The van der Waals surface area contributed by atoms with Crippen LogP contribution in [0.4, 0.5) is 4.79 Å². The third-order valence-electron chi connectivity index (χ3n) is 8.10. The van der Waals surface area contributed by atoms with Crippen LogP contribution in [0.5, 0.6) is 0 Å². The summed E-state index contributed by atoms with van der Waals surface area (Å²) in [5.74, 6) is 2.38. The Morgan fingerprint density at radius 2 is 1.51 bits per heavy atom. The minimum Gasteiger partial charge on any atom is -0.336 e. The van der Waals surface area contributed by atoms with Crippen LogP contribution >= 0.6 is 0 Å². The summed E-state index contributed by atoms with van der Waals surface area (Å²) < 4.78 is 0.